The Balaban J connectivity index is 0.000000255. The molecular weight excluding hydrogens is 700 g/mol. The molecule has 0 aliphatic heterocycles. The number of nitrogens with two attached hydrogens (primary N) is 2. The van der Waals surface area contributed by atoms with E-state index in [4.69, 9.17) is 32.5 Å². The zero-order valence-electron chi connectivity index (χ0n) is 34.1. The minimum atomic E-state index is 0.583. The molecule has 0 saturated carbocycles. The molecule has 0 heterocycles. The maximum absolute atomic E-state index is 5.68. The van der Waals surface area contributed by atoms with Gasteiger partial charge < -0.3 is 31.6 Å². The van der Waals surface area contributed by atoms with E-state index >= 15 is 0 Å². The number of aryl methyl sites for hydroxylation is 2. The van der Waals surface area contributed by atoms with Crippen LogP contribution in [0.4, 0.5) is 22.7 Å². The summed E-state index contributed by atoms with van der Waals surface area (Å²) in [4.78, 5) is 0. The molecule has 6 N–H and O–H groups in total. The van der Waals surface area contributed by atoms with Gasteiger partial charge in [-0.05, 0) is 124 Å². The summed E-state index contributed by atoms with van der Waals surface area (Å²) in [5, 5.41) is 7.55. The van der Waals surface area contributed by atoms with Gasteiger partial charge in [0.1, 0.15) is 17.2 Å². The lowest BCUT2D eigenvalue weighted by Gasteiger charge is -2.06. The molecule has 0 unspecified atom stereocenters. The highest BCUT2D eigenvalue weighted by atomic mass is 35.5. The highest BCUT2D eigenvalue weighted by Crippen LogP contribution is 2.25. The molecule has 0 bridgehead atoms. The molecule has 6 nitrogen and oxygen atoms in total. The Bertz CT molecular complexity index is 1680. The lowest BCUT2D eigenvalue weighted by Crippen LogP contribution is -2.01. The number of ether oxygens (including phenoxy) is 2. The van der Waals surface area contributed by atoms with E-state index in [0.29, 0.717) is 23.1 Å². The predicted molar refractivity (Wildman–Crippen MR) is 241 cm³/mol. The Morgan fingerprint density at radius 1 is 0.527 bits per heavy atom. The van der Waals surface area contributed by atoms with Gasteiger partial charge in [-0.2, -0.15) is 0 Å². The number of nitrogens with one attached hydrogen (secondary N) is 2. The molecule has 0 aromatic heterocycles. The van der Waals surface area contributed by atoms with E-state index < -0.39 is 0 Å². The number of unbranched alkanes of at least 4 members (excludes halogenated alkanes) is 8. The number of para-hydroxylation sites is 1. The highest BCUT2D eigenvalue weighted by Gasteiger charge is 1.99. The summed E-state index contributed by atoms with van der Waals surface area (Å²) in [7, 11) is 0. The summed E-state index contributed by atoms with van der Waals surface area (Å²) in [6.07, 6.45) is 13.5. The second kappa shape index (κ2) is 29.5. The van der Waals surface area contributed by atoms with Crippen molar-refractivity contribution in [3.05, 3.63) is 137 Å². The summed E-state index contributed by atoms with van der Waals surface area (Å²) in [6, 6.07) is 39.3. The van der Waals surface area contributed by atoms with Crippen molar-refractivity contribution in [3.8, 4) is 17.2 Å². The van der Waals surface area contributed by atoms with E-state index in [2.05, 4.69) is 86.9 Å². The zero-order valence-corrected chi connectivity index (χ0v) is 34.8. The van der Waals surface area contributed by atoms with E-state index in [0.717, 1.165) is 30.3 Å². The number of hydrogen-bond donors (Lipinski definition) is 4. The molecule has 0 aliphatic rings. The second-order valence-electron chi connectivity index (χ2n) is 13.5. The minimum absolute atomic E-state index is 0.583. The molecule has 0 radical (unpaired) electrons. The van der Waals surface area contributed by atoms with Gasteiger partial charge in [0.15, 0.2) is 0 Å². The maximum Gasteiger partial charge on any atom is 0.142 e. The van der Waals surface area contributed by atoms with E-state index in [9.17, 15) is 0 Å². The highest BCUT2D eigenvalue weighted by molar-refractivity contribution is 6.30. The third-order valence-electron chi connectivity index (χ3n) is 8.39. The van der Waals surface area contributed by atoms with Crippen LogP contribution in [0.25, 0.3) is 0 Å². The van der Waals surface area contributed by atoms with Crippen molar-refractivity contribution in [2.45, 2.75) is 98.8 Å². The fraction of sp³-hybridized carbons (Fsp3) is 0.375. The van der Waals surface area contributed by atoms with Crippen molar-refractivity contribution in [1.82, 2.24) is 0 Å². The van der Waals surface area contributed by atoms with Crippen LogP contribution >= 0.6 is 11.6 Å². The molecule has 7 heteroatoms. The molecule has 0 spiro atoms. The first-order valence-electron chi connectivity index (χ1n) is 20.1. The molecule has 298 valence electrons. The summed E-state index contributed by atoms with van der Waals surface area (Å²) < 4.78 is 10.8. The quantitative estimate of drug-likeness (QED) is 0.0524. The van der Waals surface area contributed by atoms with Crippen LogP contribution in [0.2, 0.25) is 5.02 Å². The standard InChI is InChI=1S/C15H25N.C13H21N.C12H11NO.C8H10ClNO/c1-3-4-5-6-7-8-12-16-15-11-9-10-14(2)13-15;1-3-4-5-6-10-14-13-9-7-8-12(2)11-13;13-10-6-8-12(9-7-10)14-11-4-2-1-3-5-11;1-2-11-8-4-3-6(9)5-7(8)10/h9-11,13,16H,3-8,12H2,1-2H3;7-9,11,14H,3-6,10H2,1-2H3;1-9H,13H2;3-5H,2,10H2,1H3. The summed E-state index contributed by atoms with van der Waals surface area (Å²) in [5.74, 6) is 2.32. The molecule has 5 aromatic rings. The third-order valence-corrected chi connectivity index (χ3v) is 8.62. The van der Waals surface area contributed by atoms with Crippen LogP contribution in [0, 0.1) is 13.8 Å². The summed E-state index contributed by atoms with van der Waals surface area (Å²) in [6.45, 7) is 13.5. The normalized spacial score (nSPS) is 10.0. The van der Waals surface area contributed by atoms with Crippen molar-refractivity contribution in [3.63, 3.8) is 0 Å². The lowest BCUT2D eigenvalue weighted by atomic mass is 10.1. The average molecular weight is 768 g/mol. The van der Waals surface area contributed by atoms with Crippen LogP contribution < -0.4 is 31.6 Å². The largest absolute Gasteiger partial charge is 0.492 e. The second-order valence-corrected chi connectivity index (χ2v) is 14.0. The number of anilines is 4. The van der Waals surface area contributed by atoms with Gasteiger partial charge in [-0.25, -0.2) is 0 Å². The van der Waals surface area contributed by atoms with Crippen molar-refractivity contribution < 1.29 is 9.47 Å². The van der Waals surface area contributed by atoms with Crippen molar-refractivity contribution in [1.29, 1.82) is 0 Å². The molecular formula is C48H67ClN4O2. The number of nitrogen functional groups attached to an aromatic ring is 2. The van der Waals surface area contributed by atoms with Gasteiger partial charge in [-0.3, -0.25) is 0 Å². The lowest BCUT2D eigenvalue weighted by molar-refractivity contribution is 0.342. The fourth-order valence-corrected chi connectivity index (χ4v) is 5.58. The van der Waals surface area contributed by atoms with Crippen LogP contribution in [-0.4, -0.2) is 19.7 Å². The molecule has 0 atom stereocenters. The Morgan fingerprint density at radius 2 is 1.04 bits per heavy atom. The van der Waals surface area contributed by atoms with Crippen LogP contribution in [0.1, 0.15) is 96.1 Å². The van der Waals surface area contributed by atoms with Crippen LogP contribution in [-0.2, 0) is 0 Å². The molecule has 5 aromatic carbocycles. The molecule has 0 fully saturated rings. The van der Waals surface area contributed by atoms with E-state index in [1.807, 2.05) is 61.5 Å². The smallest absolute Gasteiger partial charge is 0.142 e. The number of halogens is 1. The van der Waals surface area contributed by atoms with Gasteiger partial charge in [0, 0.05) is 35.2 Å². The first kappa shape index (κ1) is 46.3. The van der Waals surface area contributed by atoms with Gasteiger partial charge in [-0.15, -0.1) is 0 Å². The van der Waals surface area contributed by atoms with Gasteiger partial charge >= 0.3 is 0 Å². The SMILES string of the molecule is CCCCCCCCNc1cccc(C)c1.CCCCCCNc1cccc(C)c1.CCOc1ccc(Cl)cc1N.Nc1ccc(Oc2ccccc2)cc1. The molecule has 0 aliphatic carbocycles. The van der Waals surface area contributed by atoms with E-state index in [-0.39, 0.29) is 0 Å². The van der Waals surface area contributed by atoms with E-state index in [1.54, 1.807) is 18.2 Å². The third kappa shape index (κ3) is 22.9. The minimum Gasteiger partial charge on any atom is -0.492 e. The zero-order chi connectivity index (χ0) is 39.9. The summed E-state index contributed by atoms with van der Waals surface area (Å²) in [5.41, 5.74) is 17.6. The van der Waals surface area contributed by atoms with Crippen molar-refractivity contribution in [2.24, 2.45) is 0 Å². The molecule has 5 rings (SSSR count). The van der Waals surface area contributed by atoms with Crippen LogP contribution in [0.3, 0.4) is 0 Å². The Morgan fingerprint density at radius 3 is 1.55 bits per heavy atom. The Hall–Kier alpha value is -4.81. The summed E-state index contributed by atoms with van der Waals surface area (Å²) >= 11 is 5.68. The van der Waals surface area contributed by atoms with E-state index in [1.165, 1.54) is 86.7 Å². The number of benzene rings is 5. The fourth-order valence-electron chi connectivity index (χ4n) is 5.40. The predicted octanol–water partition coefficient (Wildman–Crippen LogP) is 14.1. The van der Waals surface area contributed by atoms with Gasteiger partial charge in [0.05, 0.1) is 12.3 Å². The van der Waals surface area contributed by atoms with Crippen LogP contribution in [0.15, 0.2) is 121 Å². The van der Waals surface area contributed by atoms with Gasteiger partial charge in [0.25, 0.3) is 0 Å². The number of rotatable bonds is 18. The first-order valence-corrected chi connectivity index (χ1v) is 20.5. The van der Waals surface area contributed by atoms with Crippen LogP contribution in [0.5, 0.6) is 17.2 Å². The molecule has 0 saturated heterocycles. The van der Waals surface area contributed by atoms with Gasteiger partial charge in [-0.1, -0.05) is 119 Å². The first-order chi connectivity index (χ1) is 26.7. The van der Waals surface area contributed by atoms with Crippen molar-refractivity contribution >= 4 is 34.4 Å². The van der Waals surface area contributed by atoms with Crippen molar-refractivity contribution in [2.75, 3.05) is 41.8 Å². The molecule has 0 amide bonds. The Labute approximate surface area is 338 Å². The monoisotopic (exact) mass is 766 g/mol. The molecule has 55 heavy (non-hydrogen) atoms. The van der Waals surface area contributed by atoms with Gasteiger partial charge in [0.2, 0.25) is 0 Å². The Kier molecular flexibility index (Phi) is 24.9. The average Bonchev–Trinajstić information content (AvgIpc) is 3.18. The topological polar surface area (TPSA) is 94.6 Å². The number of hydrogen-bond acceptors (Lipinski definition) is 6. The maximum atomic E-state index is 5.68.